The van der Waals surface area contributed by atoms with Crippen LogP contribution in [0, 0.1) is 11.8 Å². The summed E-state index contributed by atoms with van der Waals surface area (Å²) in [7, 11) is 0. The van der Waals surface area contributed by atoms with Gasteiger partial charge in [-0.05, 0) is 25.2 Å². The molecule has 1 aliphatic heterocycles. The predicted octanol–water partition coefficient (Wildman–Crippen LogP) is 2.68. The van der Waals surface area contributed by atoms with Crippen molar-refractivity contribution in [3.05, 3.63) is 0 Å². The number of carbonyl (C=O) groups is 2. The van der Waals surface area contributed by atoms with E-state index >= 15 is 0 Å². The van der Waals surface area contributed by atoms with Gasteiger partial charge >= 0.3 is 6.03 Å². The van der Waals surface area contributed by atoms with E-state index in [1.54, 1.807) is 0 Å². The molecule has 19 heavy (non-hydrogen) atoms. The molecule has 3 atom stereocenters. The zero-order valence-electron chi connectivity index (χ0n) is 10.9. The van der Waals surface area contributed by atoms with Crippen molar-refractivity contribution in [2.75, 3.05) is 6.54 Å². The lowest BCUT2D eigenvalue weighted by molar-refractivity contribution is -0.134. The first kappa shape index (κ1) is 13.5. The SMILES string of the molecule is C[C@@H]1CCCC[C@]12NC(=O)N(C[C@@H]1CC1(Cl)Cl)C2=O. The van der Waals surface area contributed by atoms with Crippen LogP contribution >= 0.6 is 23.2 Å². The molecule has 2 aliphatic carbocycles. The molecule has 3 amide bonds. The second-order valence-corrected chi connectivity index (χ2v) is 7.67. The number of carbonyl (C=O) groups excluding carboxylic acids is 2. The molecule has 3 aliphatic rings. The highest BCUT2D eigenvalue weighted by Gasteiger charge is 2.59. The maximum Gasteiger partial charge on any atom is 0.325 e. The monoisotopic (exact) mass is 304 g/mol. The topological polar surface area (TPSA) is 49.4 Å². The van der Waals surface area contributed by atoms with Crippen molar-refractivity contribution in [2.45, 2.75) is 48.9 Å². The van der Waals surface area contributed by atoms with Crippen LogP contribution in [0.4, 0.5) is 4.79 Å². The molecule has 0 radical (unpaired) electrons. The van der Waals surface area contributed by atoms with Gasteiger partial charge in [-0.25, -0.2) is 4.79 Å². The Labute approximate surface area is 122 Å². The average molecular weight is 305 g/mol. The van der Waals surface area contributed by atoms with Gasteiger partial charge in [0, 0.05) is 12.5 Å². The number of hydrogen-bond acceptors (Lipinski definition) is 2. The first-order valence-corrected chi connectivity index (χ1v) is 7.64. The van der Waals surface area contributed by atoms with Crippen LogP contribution in [0.3, 0.4) is 0 Å². The van der Waals surface area contributed by atoms with Crippen LogP contribution in [-0.4, -0.2) is 33.3 Å². The quantitative estimate of drug-likeness (QED) is 0.630. The van der Waals surface area contributed by atoms with Crippen LogP contribution in [0.2, 0.25) is 0 Å². The van der Waals surface area contributed by atoms with Gasteiger partial charge in [-0.3, -0.25) is 9.69 Å². The Bertz CT molecular complexity index is 440. The molecule has 0 aromatic carbocycles. The largest absolute Gasteiger partial charge is 0.325 e. The van der Waals surface area contributed by atoms with Crippen molar-refractivity contribution in [2.24, 2.45) is 11.8 Å². The highest BCUT2D eigenvalue weighted by molar-refractivity contribution is 6.50. The Balaban J connectivity index is 1.77. The van der Waals surface area contributed by atoms with Crippen molar-refractivity contribution in [3.63, 3.8) is 0 Å². The lowest BCUT2D eigenvalue weighted by atomic mass is 9.73. The van der Waals surface area contributed by atoms with Gasteiger partial charge < -0.3 is 5.32 Å². The van der Waals surface area contributed by atoms with E-state index in [0.717, 1.165) is 25.7 Å². The maximum atomic E-state index is 12.6. The summed E-state index contributed by atoms with van der Waals surface area (Å²) < 4.78 is -0.755. The third kappa shape index (κ3) is 2.04. The molecular weight excluding hydrogens is 287 g/mol. The van der Waals surface area contributed by atoms with Crippen molar-refractivity contribution in [3.8, 4) is 0 Å². The Morgan fingerprint density at radius 2 is 2.05 bits per heavy atom. The van der Waals surface area contributed by atoms with Crippen molar-refractivity contribution >= 4 is 35.1 Å². The second-order valence-electron chi connectivity index (χ2n) is 6.13. The van der Waals surface area contributed by atoms with Crippen molar-refractivity contribution in [1.29, 1.82) is 0 Å². The minimum Gasteiger partial charge on any atom is -0.323 e. The fourth-order valence-electron chi connectivity index (χ4n) is 3.35. The Morgan fingerprint density at radius 1 is 1.37 bits per heavy atom. The molecule has 1 heterocycles. The lowest BCUT2D eigenvalue weighted by Crippen LogP contribution is -2.54. The van der Waals surface area contributed by atoms with E-state index in [4.69, 9.17) is 23.2 Å². The number of nitrogens with zero attached hydrogens (tertiary/aromatic N) is 1. The third-order valence-electron chi connectivity index (χ3n) is 4.86. The summed E-state index contributed by atoms with van der Waals surface area (Å²) in [5, 5.41) is 2.93. The normalized spacial score (nSPS) is 40.7. The zero-order chi connectivity index (χ0) is 13.8. The van der Waals surface area contributed by atoms with E-state index in [-0.39, 0.29) is 23.8 Å². The van der Waals surface area contributed by atoms with E-state index in [2.05, 4.69) is 5.32 Å². The smallest absolute Gasteiger partial charge is 0.323 e. The lowest BCUT2D eigenvalue weighted by Gasteiger charge is -2.36. The number of rotatable bonds is 2. The van der Waals surface area contributed by atoms with Crippen LogP contribution in [0.5, 0.6) is 0 Å². The van der Waals surface area contributed by atoms with Gasteiger partial charge in [0.05, 0.1) is 0 Å². The standard InChI is InChI=1S/C13H18Cl2N2O2/c1-8-4-2-3-5-12(8)10(18)17(11(19)16-12)7-9-6-13(9,14)15/h8-9H,2-7H2,1H3,(H,16,19)/t8-,9+,12+/m1/s1. The molecule has 3 fully saturated rings. The van der Waals surface area contributed by atoms with Crippen LogP contribution in [0.1, 0.15) is 39.0 Å². The molecular formula is C13H18Cl2N2O2. The average Bonchev–Trinajstić information content (AvgIpc) is 2.87. The van der Waals surface area contributed by atoms with E-state index in [1.165, 1.54) is 4.90 Å². The minimum absolute atomic E-state index is 0.0135. The van der Waals surface area contributed by atoms with Crippen LogP contribution in [0.25, 0.3) is 0 Å². The molecule has 0 aromatic heterocycles. The van der Waals surface area contributed by atoms with Crippen molar-refractivity contribution in [1.82, 2.24) is 10.2 Å². The highest BCUT2D eigenvalue weighted by Crippen LogP contribution is 2.54. The van der Waals surface area contributed by atoms with Gasteiger partial charge in [-0.15, -0.1) is 23.2 Å². The maximum absolute atomic E-state index is 12.6. The van der Waals surface area contributed by atoms with E-state index in [0.29, 0.717) is 13.0 Å². The number of amides is 3. The number of imide groups is 1. The molecule has 2 saturated carbocycles. The Hall–Kier alpha value is -0.480. The number of alkyl halides is 2. The summed E-state index contributed by atoms with van der Waals surface area (Å²) in [6.45, 7) is 2.39. The van der Waals surface area contributed by atoms with Gasteiger partial charge in [-0.1, -0.05) is 19.8 Å². The number of nitrogens with one attached hydrogen (secondary N) is 1. The van der Waals surface area contributed by atoms with Crippen LogP contribution in [-0.2, 0) is 4.79 Å². The van der Waals surface area contributed by atoms with Gasteiger partial charge in [0.1, 0.15) is 9.87 Å². The van der Waals surface area contributed by atoms with Crippen molar-refractivity contribution < 1.29 is 9.59 Å². The summed E-state index contributed by atoms with van der Waals surface area (Å²) in [5.74, 6) is 0.124. The molecule has 4 nitrogen and oxygen atoms in total. The van der Waals surface area contributed by atoms with Gasteiger partial charge in [0.15, 0.2) is 0 Å². The minimum atomic E-state index is -0.755. The molecule has 0 unspecified atom stereocenters. The summed E-state index contributed by atoms with van der Waals surface area (Å²) in [4.78, 5) is 26.0. The van der Waals surface area contributed by atoms with E-state index in [9.17, 15) is 9.59 Å². The molecule has 1 spiro atoms. The summed E-state index contributed by atoms with van der Waals surface area (Å²) in [6.07, 6.45) is 4.49. The van der Waals surface area contributed by atoms with E-state index in [1.807, 2.05) is 6.92 Å². The van der Waals surface area contributed by atoms with Crippen LogP contribution < -0.4 is 5.32 Å². The number of hydrogen-bond donors (Lipinski definition) is 1. The highest BCUT2D eigenvalue weighted by atomic mass is 35.5. The van der Waals surface area contributed by atoms with E-state index < -0.39 is 9.87 Å². The molecule has 0 aromatic rings. The third-order valence-corrected chi connectivity index (χ3v) is 5.79. The first-order chi connectivity index (χ1) is 8.87. The number of urea groups is 1. The predicted molar refractivity (Wildman–Crippen MR) is 73.2 cm³/mol. The molecule has 1 saturated heterocycles. The van der Waals surface area contributed by atoms with Gasteiger partial charge in [-0.2, -0.15) is 0 Å². The Morgan fingerprint density at radius 3 is 2.63 bits per heavy atom. The van der Waals surface area contributed by atoms with Gasteiger partial charge in [0.2, 0.25) is 0 Å². The summed E-state index contributed by atoms with van der Waals surface area (Å²) in [5.41, 5.74) is -0.675. The van der Waals surface area contributed by atoms with Gasteiger partial charge in [0.25, 0.3) is 5.91 Å². The first-order valence-electron chi connectivity index (χ1n) is 6.89. The Kier molecular flexibility index (Phi) is 3.02. The second kappa shape index (κ2) is 4.26. The summed E-state index contributed by atoms with van der Waals surface area (Å²) >= 11 is 12.0. The molecule has 3 rings (SSSR count). The fraction of sp³-hybridized carbons (Fsp3) is 0.846. The zero-order valence-corrected chi connectivity index (χ0v) is 12.4. The van der Waals surface area contributed by atoms with Crippen LogP contribution in [0.15, 0.2) is 0 Å². The molecule has 1 N–H and O–H groups in total. The molecule has 6 heteroatoms. The molecule has 106 valence electrons. The number of halogens is 2. The fourth-order valence-corrected chi connectivity index (χ4v) is 3.86. The molecule has 0 bridgehead atoms. The summed E-state index contributed by atoms with van der Waals surface area (Å²) in [6, 6.07) is -0.283.